The van der Waals surface area contributed by atoms with Gasteiger partial charge in [0.15, 0.2) is 0 Å². The monoisotopic (exact) mass is 237 g/mol. The Labute approximate surface area is 98.0 Å². The van der Waals surface area contributed by atoms with Gasteiger partial charge in [-0.15, -0.1) is 0 Å². The Hall–Kier alpha value is -0.870. The molecule has 2 nitrogen and oxygen atoms in total. The number of nitrogens with zero attached hydrogens (tertiary/aromatic N) is 2. The number of hydrogen-bond acceptors (Lipinski definition) is 3. The third kappa shape index (κ3) is 2.58. The molecule has 0 bridgehead atoms. The van der Waals surface area contributed by atoms with Crippen molar-refractivity contribution in [3.8, 4) is 5.00 Å². The molecule has 2 rings (SSSR count). The molecule has 0 aliphatic rings. The molecule has 2 aromatic rings. The Balaban J connectivity index is 2.29. The van der Waals surface area contributed by atoms with Crippen molar-refractivity contribution in [1.82, 2.24) is 5.10 Å². The smallest absolute Gasteiger partial charge is 0.160 e. The SMILES string of the molecule is CSCc1ccc(-[n+]2cccc(C)n2)s1. The number of rotatable bonds is 3. The maximum absolute atomic E-state index is 4.44. The van der Waals surface area contributed by atoms with E-state index in [2.05, 4.69) is 23.5 Å². The molecule has 78 valence electrons. The molecule has 4 heteroatoms. The van der Waals surface area contributed by atoms with Gasteiger partial charge in [0, 0.05) is 27.9 Å². The summed E-state index contributed by atoms with van der Waals surface area (Å²) in [6.07, 6.45) is 4.11. The number of hydrogen-bond donors (Lipinski definition) is 0. The van der Waals surface area contributed by atoms with Crippen molar-refractivity contribution >= 4 is 23.1 Å². The summed E-state index contributed by atoms with van der Waals surface area (Å²) in [6, 6.07) is 8.33. The number of aryl methyl sites for hydroxylation is 1. The van der Waals surface area contributed by atoms with Gasteiger partial charge < -0.3 is 0 Å². The van der Waals surface area contributed by atoms with E-state index >= 15 is 0 Å². The summed E-state index contributed by atoms with van der Waals surface area (Å²) < 4.78 is 1.93. The average Bonchev–Trinajstić information content (AvgIpc) is 2.67. The van der Waals surface area contributed by atoms with E-state index in [1.54, 1.807) is 11.3 Å². The van der Waals surface area contributed by atoms with Crippen LogP contribution in [0.1, 0.15) is 10.6 Å². The predicted octanol–water partition coefficient (Wildman–Crippen LogP) is 2.59. The number of aromatic nitrogens is 2. The summed E-state index contributed by atoms with van der Waals surface area (Å²) in [5, 5.41) is 5.62. The maximum Gasteiger partial charge on any atom is 0.293 e. The molecule has 0 fully saturated rings. The van der Waals surface area contributed by atoms with Gasteiger partial charge in [0.1, 0.15) is 5.69 Å². The normalized spacial score (nSPS) is 10.5. The van der Waals surface area contributed by atoms with Gasteiger partial charge in [-0.1, -0.05) is 11.3 Å². The van der Waals surface area contributed by atoms with Crippen LogP contribution in [-0.2, 0) is 5.75 Å². The molecule has 0 aromatic carbocycles. The van der Waals surface area contributed by atoms with Crippen molar-refractivity contribution in [3.05, 3.63) is 41.0 Å². The third-order valence-corrected chi connectivity index (χ3v) is 3.85. The molecule has 0 saturated carbocycles. The second-order valence-electron chi connectivity index (χ2n) is 3.27. The Kier molecular flexibility index (Phi) is 3.38. The molecule has 0 unspecified atom stereocenters. The van der Waals surface area contributed by atoms with E-state index in [-0.39, 0.29) is 0 Å². The Morgan fingerprint density at radius 3 is 3.00 bits per heavy atom. The highest BCUT2D eigenvalue weighted by molar-refractivity contribution is 7.97. The Morgan fingerprint density at radius 2 is 2.27 bits per heavy atom. The first kappa shape index (κ1) is 10.6. The molecule has 0 aliphatic carbocycles. The van der Waals surface area contributed by atoms with E-state index in [9.17, 15) is 0 Å². The molecular formula is C11H13N2S2+. The van der Waals surface area contributed by atoms with Crippen molar-refractivity contribution in [2.45, 2.75) is 12.7 Å². The zero-order valence-corrected chi connectivity index (χ0v) is 10.4. The summed E-state index contributed by atoms with van der Waals surface area (Å²) >= 11 is 3.65. The van der Waals surface area contributed by atoms with Crippen LogP contribution in [-0.4, -0.2) is 11.4 Å². The maximum atomic E-state index is 4.44. The van der Waals surface area contributed by atoms with Crippen LogP contribution in [0.2, 0.25) is 0 Å². The lowest BCUT2D eigenvalue weighted by atomic mass is 10.4. The summed E-state index contributed by atoms with van der Waals surface area (Å²) in [7, 11) is 0. The van der Waals surface area contributed by atoms with Crippen molar-refractivity contribution in [2.75, 3.05) is 6.26 Å². The number of thioether (sulfide) groups is 1. The van der Waals surface area contributed by atoms with Crippen LogP contribution in [0.5, 0.6) is 0 Å². The van der Waals surface area contributed by atoms with Crippen molar-refractivity contribution < 1.29 is 4.68 Å². The van der Waals surface area contributed by atoms with E-state index in [4.69, 9.17) is 0 Å². The summed E-state index contributed by atoms with van der Waals surface area (Å²) in [5.74, 6) is 1.08. The molecule has 0 aliphatic heterocycles. The first-order valence-corrected chi connectivity index (χ1v) is 6.94. The summed E-state index contributed by atoms with van der Waals surface area (Å²) in [6.45, 7) is 2.01. The topological polar surface area (TPSA) is 16.8 Å². The minimum atomic E-state index is 1.04. The third-order valence-electron chi connectivity index (χ3n) is 1.99. The molecular weight excluding hydrogens is 224 g/mol. The zero-order valence-electron chi connectivity index (χ0n) is 8.80. The fourth-order valence-electron chi connectivity index (χ4n) is 1.33. The van der Waals surface area contributed by atoms with Crippen molar-refractivity contribution in [2.24, 2.45) is 0 Å². The highest BCUT2D eigenvalue weighted by Gasteiger charge is 2.11. The highest BCUT2D eigenvalue weighted by Crippen LogP contribution is 2.19. The fourth-order valence-corrected chi connectivity index (χ4v) is 3.04. The molecule has 2 heterocycles. The molecule has 0 saturated heterocycles. The van der Waals surface area contributed by atoms with Gasteiger partial charge in [-0.3, -0.25) is 0 Å². The van der Waals surface area contributed by atoms with E-state index in [1.165, 1.54) is 9.88 Å². The van der Waals surface area contributed by atoms with Gasteiger partial charge in [0.2, 0.25) is 6.20 Å². The van der Waals surface area contributed by atoms with E-state index in [1.807, 2.05) is 41.7 Å². The van der Waals surface area contributed by atoms with E-state index in [0.717, 1.165) is 11.4 Å². The quantitative estimate of drug-likeness (QED) is 0.763. The highest BCUT2D eigenvalue weighted by atomic mass is 32.2. The predicted molar refractivity (Wildman–Crippen MR) is 65.6 cm³/mol. The molecule has 0 spiro atoms. The van der Waals surface area contributed by atoms with Crippen LogP contribution >= 0.6 is 23.1 Å². The van der Waals surface area contributed by atoms with Gasteiger partial charge in [-0.05, 0) is 30.0 Å². The second kappa shape index (κ2) is 4.77. The second-order valence-corrected chi connectivity index (χ2v) is 5.28. The van der Waals surface area contributed by atoms with Crippen LogP contribution in [0.4, 0.5) is 0 Å². The lowest BCUT2D eigenvalue weighted by molar-refractivity contribution is -0.656. The fraction of sp³-hybridized carbons (Fsp3) is 0.273. The molecule has 0 N–H and O–H groups in total. The van der Waals surface area contributed by atoms with E-state index < -0.39 is 0 Å². The van der Waals surface area contributed by atoms with Crippen LogP contribution in [0, 0.1) is 6.92 Å². The molecule has 2 aromatic heterocycles. The van der Waals surface area contributed by atoms with Crippen molar-refractivity contribution in [1.29, 1.82) is 0 Å². The van der Waals surface area contributed by atoms with Gasteiger partial charge in [0.05, 0.1) is 0 Å². The van der Waals surface area contributed by atoms with Crippen molar-refractivity contribution in [3.63, 3.8) is 0 Å². The average molecular weight is 237 g/mol. The van der Waals surface area contributed by atoms with Crippen LogP contribution < -0.4 is 4.68 Å². The molecule has 0 atom stereocenters. The summed E-state index contributed by atoms with van der Waals surface area (Å²) in [5.41, 5.74) is 1.04. The lowest BCUT2D eigenvalue weighted by Crippen LogP contribution is -2.33. The Morgan fingerprint density at radius 1 is 1.40 bits per heavy atom. The van der Waals surface area contributed by atoms with E-state index in [0.29, 0.717) is 0 Å². The van der Waals surface area contributed by atoms with Gasteiger partial charge >= 0.3 is 0 Å². The molecule has 15 heavy (non-hydrogen) atoms. The first-order chi connectivity index (χ1) is 7.29. The lowest BCUT2D eigenvalue weighted by Gasteiger charge is -1.90. The van der Waals surface area contributed by atoms with Gasteiger partial charge in [-0.25, -0.2) is 0 Å². The summed E-state index contributed by atoms with van der Waals surface area (Å²) in [4.78, 5) is 1.40. The van der Waals surface area contributed by atoms with Gasteiger partial charge in [0.25, 0.3) is 5.00 Å². The molecule has 0 radical (unpaired) electrons. The molecule has 0 amide bonds. The standard InChI is InChI=1S/C11H13N2S2/c1-9-4-3-7-13(12-9)11-6-5-10(15-11)8-14-2/h3-7H,8H2,1-2H3/q+1. The first-order valence-electron chi connectivity index (χ1n) is 4.73. The van der Waals surface area contributed by atoms with Crippen LogP contribution in [0.25, 0.3) is 5.00 Å². The largest absolute Gasteiger partial charge is 0.293 e. The minimum absolute atomic E-state index is 1.04. The number of thiophene rings is 1. The minimum Gasteiger partial charge on any atom is -0.160 e. The van der Waals surface area contributed by atoms with Crippen LogP contribution in [0.15, 0.2) is 30.5 Å². The zero-order chi connectivity index (χ0) is 10.7. The van der Waals surface area contributed by atoms with Gasteiger partial charge in [-0.2, -0.15) is 11.8 Å². The Bertz CT molecular complexity index is 451. The van der Waals surface area contributed by atoms with Crippen LogP contribution in [0.3, 0.4) is 0 Å².